The van der Waals surface area contributed by atoms with E-state index in [0.717, 1.165) is 12.8 Å². The van der Waals surface area contributed by atoms with Gasteiger partial charge in [-0.3, -0.25) is 14.5 Å². The lowest BCUT2D eigenvalue weighted by atomic mass is 9.86. The Morgan fingerprint density at radius 1 is 1.30 bits per heavy atom. The molecule has 2 aliphatic rings. The van der Waals surface area contributed by atoms with Gasteiger partial charge in [-0.1, -0.05) is 0 Å². The highest BCUT2D eigenvalue weighted by Gasteiger charge is 2.46. The van der Waals surface area contributed by atoms with E-state index in [4.69, 9.17) is 15.2 Å². The van der Waals surface area contributed by atoms with Crippen molar-refractivity contribution in [2.24, 2.45) is 11.7 Å². The van der Waals surface area contributed by atoms with Crippen molar-refractivity contribution < 1.29 is 27.8 Å². The quantitative estimate of drug-likeness (QED) is 0.456. The number of hydrogen-bond donors (Lipinski definition) is 3. The van der Waals surface area contributed by atoms with Crippen LogP contribution in [0.2, 0.25) is 0 Å². The van der Waals surface area contributed by atoms with E-state index in [-0.39, 0.29) is 30.0 Å². The van der Waals surface area contributed by atoms with Gasteiger partial charge in [0.2, 0.25) is 11.8 Å². The minimum absolute atomic E-state index is 0.00172. The summed E-state index contributed by atoms with van der Waals surface area (Å²) < 4.78 is 40.3. The molecule has 1 aliphatic heterocycles. The third-order valence-electron chi connectivity index (χ3n) is 6.73. The summed E-state index contributed by atoms with van der Waals surface area (Å²) in [4.78, 5) is 40.2. The Hall–Kier alpha value is -3.61. The Morgan fingerprint density at radius 3 is 2.70 bits per heavy atom. The van der Waals surface area contributed by atoms with Gasteiger partial charge in [0, 0.05) is 31.8 Å². The third kappa shape index (κ3) is 6.59. The monoisotopic (exact) mass is 520 g/mol. The molecule has 11 nitrogen and oxygen atoms in total. The summed E-state index contributed by atoms with van der Waals surface area (Å²) >= 11 is 0. The van der Waals surface area contributed by atoms with Gasteiger partial charge < -0.3 is 25.5 Å². The predicted molar refractivity (Wildman–Crippen MR) is 128 cm³/mol. The number of piperidine rings is 1. The molecule has 3 atom stereocenters. The van der Waals surface area contributed by atoms with E-state index in [1.165, 1.54) is 19.2 Å². The largest absolute Gasteiger partial charge is 0.476 e. The Labute approximate surface area is 211 Å². The number of pyridine rings is 1. The van der Waals surface area contributed by atoms with Crippen LogP contribution in [0.4, 0.5) is 19.4 Å². The van der Waals surface area contributed by atoms with E-state index in [0.29, 0.717) is 18.4 Å². The summed E-state index contributed by atoms with van der Waals surface area (Å²) in [5.74, 6) is -3.65. The molecule has 0 aromatic carbocycles. The number of aromatic nitrogens is 3. The van der Waals surface area contributed by atoms with Gasteiger partial charge in [0.05, 0.1) is 24.1 Å². The van der Waals surface area contributed by atoms with Crippen LogP contribution in [0.25, 0.3) is 0 Å². The number of alkyl halides is 2. The summed E-state index contributed by atoms with van der Waals surface area (Å²) in [6.07, 6.45) is 0.925. The highest BCUT2D eigenvalue weighted by Crippen LogP contribution is 2.41. The molecule has 200 valence electrons. The average Bonchev–Trinajstić information content (AvgIpc) is 3.68. The Bertz CT molecular complexity index is 1190. The maximum Gasteiger partial charge on any atom is 0.405 e. The van der Waals surface area contributed by atoms with Gasteiger partial charge in [0.1, 0.15) is 6.10 Å². The van der Waals surface area contributed by atoms with Crippen LogP contribution in [0.15, 0.2) is 29.2 Å². The van der Waals surface area contributed by atoms with Crippen molar-refractivity contribution in [3.63, 3.8) is 0 Å². The number of rotatable bonds is 9. The Kier molecular flexibility index (Phi) is 7.71. The van der Waals surface area contributed by atoms with Gasteiger partial charge in [-0.2, -0.15) is 0 Å². The number of likely N-dealkylation sites (tertiary alicyclic amines) is 1. The number of hydrogen-bond acceptors (Lipinski definition) is 8. The number of nitrogens with one attached hydrogen (secondary N) is 2. The number of carbonyl (C=O) groups is 2. The fourth-order valence-corrected chi connectivity index (χ4v) is 4.24. The van der Waals surface area contributed by atoms with Gasteiger partial charge in [-0.25, -0.2) is 13.6 Å². The lowest BCUT2D eigenvalue weighted by Gasteiger charge is -2.40. The zero-order valence-electron chi connectivity index (χ0n) is 20.6. The van der Waals surface area contributed by atoms with E-state index in [1.807, 2.05) is 0 Å². The first-order valence-corrected chi connectivity index (χ1v) is 12.1. The lowest BCUT2D eigenvalue weighted by Crippen LogP contribution is -2.52. The number of amides is 2. The summed E-state index contributed by atoms with van der Waals surface area (Å²) in [6.45, 7) is 3.49. The second kappa shape index (κ2) is 10.8. The molecular formula is C24H30F2N6O5. The second-order valence-electron chi connectivity index (χ2n) is 9.53. The minimum atomic E-state index is -3.09. The molecule has 4 N–H and O–H groups in total. The first kappa shape index (κ1) is 26.5. The van der Waals surface area contributed by atoms with Crippen molar-refractivity contribution in [1.29, 1.82) is 0 Å². The van der Waals surface area contributed by atoms with Gasteiger partial charge >= 0.3 is 6.09 Å². The molecule has 2 fully saturated rings. The molecule has 13 heteroatoms. The summed E-state index contributed by atoms with van der Waals surface area (Å²) in [5.41, 5.74) is 4.60. The first-order chi connectivity index (χ1) is 17.5. The van der Waals surface area contributed by atoms with Crippen LogP contribution in [0.5, 0.6) is 5.88 Å². The van der Waals surface area contributed by atoms with Crippen molar-refractivity contribution in [1.82, 2.24) is 20.1 Å². The predicted octanol–water partition coefficient (Wildman–Crippen LogP) is 2.56. The SMILES string of the molecule is CC(OC(N)=O)c1cc(C2CN([C@@H](C)C(=O)Nc3ccc(OCC4CC4)nn3)CCC2(F)F)c[nH]c1=O. The topological polar surface area (TPSA) is 153 Å². The number of halogens is 2. The standard InChI is InChI=1S/C24H30F2N6O5/c1-13(21(33)29-19-5-6-20(31-30-19)36-12-15-3-4-15)32-8-7-24(25,26)18(11-32)16-9-17(22(34)28-10-16)14(2)37-23(27)35/h5-6,9-10,13-15,18H,3-4,7-8,11-12H2,1-2H3,(H2,27,35)(H,28,34)(H,29,30,33)/t13-,14?,18?/m0/s1. The molecule has 0 radical (unpaired) electrons. The van der Waals surface area contributed by atoms with Crippen molar-refractivity contribution in [2.75, 3.05) is 25.0 Å². The molecule has 2 aromatic heterocycles. The van der Waals surface area contributed by atoms with Gasteiger partial charge in [-0.15, -0.1) is 10.2 Å². The number of carbonyl (C=O) groups excluding carboxylic acids is 2. The maximum atomic E-state index is 15.0. The third-order valence-corrected chi connectivity index (χ3v) is 6.73. The minimum Gasteiger partial charge on any atom is -0.476 e. The van der Waals surface area contributed by atoms with Crippen LogP contribution in [0, 0.1) is 5.92 Å². The zero-order valence-corrected chi connectivity index (χ0v) is 20.6. The molecular weight excluding hydrogens is 490 g/mol. The van der Waals surface area contributed by atoms with Crippen molar-refractivity contribution in [3.8, 4) is 5.88 Å². The maximum absolute atomic E-state index is 15.0. The summed E-state index contributed by atoms with van der Waals surface area (Å²) in [6, 6.07) is 3.74. The second-order valence-corrected chi connectivity index (χ2v) is 9.53. The van der Waals surface area contributed by atoms with Crippen LogP contribution < -0.4 is 21.3 Å². The molecule has 0 bridgehead atoms. The normalized spacial score (nSPS) is 21.0. The highest BCUT2D eigenvalue weighted by atomic mass is 19.3. The molecule has 2 aromatic rings. The van der Waals surface area contributed by atoms with Gasteiger partial charge in [0.25, 0.3) is 11.5 Å². The fourth-order valence-electron chi connectivity index (χ4n) is 4.24. The molecule has 2 unspecified atom stereocenters. The summed E-state index contributed by atoms with van der Waals surface area (Å²) in [7, 11) is 0. The molecule has 2 amide bonds. The molecule has 4 rings (SSSR count). The van der Waals surface area contributed by atoms with E-state index >= 15 is 0 Å². The molecule has 1 aliphatic carbocycles. The average molecular weight is 521 g/mol. The molecule has 3 heterocycles. The Balaban J connectivity index is 1.43. The Morgan fingerprint density at radius 2 is 2.05 bits per heavy atom. The van der Waals surface area contributed by atoms with E-state index in [9.17, 15) is 23.2 Å². The first-order valence-electron chi connectivity index (χ1n) is 12.1. The van der Waals surface area contributed by atoms with Gasteiger partial charge in [-0.05, 0) is 50.3 Å². The molecule has 37 heavy (non-hydrogen) atoms. The smallest absolute Gasteiger partial charge is 0.405 e. The molecule has 1 saturated heterocycles. The lowest BCUT2D eigenvalue weighted by molar-refractivity contribution is -0.125. The molecule has 0 spiro atoms. The van der Waals surface area contributed by atoms with E-state index < -0.39 is 48.0 Å². The van der Waals surface area contributed by atoms with Crippen LogP contribution in [-0.2, 0) is 9.53 Å². The highest BCUT2D eigenvalue weighted by molar-refractivity contribution is 5.93. The van der Waals surface area contributed by atoms with E-state index in [2.05, 4.69) is 20.5 Å². The number of primary amides is 1. The fraction of sp³-hybridized carbons (Fsp3) is 0.542. The zero-order chi connectivity index (χ0) is 26.7. The number of ether oxygens (including phenoxy) is 2. The number of anilines is 1. The number of nitrogens with two attached hydrogens (primary N) is 1. The number of H-pyrrole nitrogens is 1. The van der Waals surface area contributed by atoms with Gasteiger partial charge in [0.15, 0.2) is 5.82 Å². The summed E-state index contributed by atoms with van der Waals surface area (Å²) in [5, 5.41) is 10.6. The van der Waals surface area contributed by atoms with Crippen LogP contribution in [0.1, 0.15) is 56.3 Å². The number of aromatic amines is 1. The van der Waals surface area contributed by atoms with Crippen LogP contribution >= 0.6 is 0 Å². The molecule has 1 saturated carbocycles. The van der Waals surface area contributed by atoms with Crippen LogP contribution in [-0.4, -0.2) is 63.7 Å². The van der Waals surface area contributed by atoms with Crippen LogP contribution in [0.3, 0.4) is 0 Å². The van der Waals surface area contributed by atoms with E-state index in [1.54, 1.807) is 24.0 Å². The van der Waals surface area contributed by atoms with Crippen molar-refractivity contribution in [2.45, 2.75) is 57.1 Å². The van der Waals surface area contributed by atoms with Crippen molar-refractivity contribution in [3.05, 3.63) is 45.9 Å². The number of nitrogens with zero attached hydrogens (tertiary/aromatic N) is 3. The van der Waals surface area contributed by atoms with Crippen molar-refractivity contribution >= 4 is 17.8 Å².